The molecule has 0 bridgehead atoms. The Morgan fingerprint density at radius 1 is 1.39 bits per heavy atom. The Balaban J connectivity index is 3.20. The van der Waals surface area contributed by atoms with Gasteiger partial charge in [-0.25, -0.2) is 0 Å². The first-order chi connectivity index (χ1) is 8.49. The molecule has 0 radical (unpaired) electrons. The van der Waals surface area contributed by atoms with Gasteiger partial charge in [0.2, 0.25) is 0 Å². The van der Waals surface area contributed by atoms with Crippen LogP contribution in [-0.2, 0) is 0 Å². The second-order valence-corrected chi connectivity index (χ2v) is 4.50. The number of aryl methyl sites for hydroxylation is 1. The molecule has 1 rings (SSSR count). The Morgan fingerprint density at radius 2 is 2.00 bits per heavy atom. The van der Waals surface area contributed by atoms with E-state index in [9.17, 15) is 15.2 Å². The lowest BCUT2D eigenvalue weighted by Gasteiger charge is -2.32. The number of nitrogens with one attached hydrogen (secondary N) is 1. The van der Waals surface area contributed by atoms with Crippen LogP contribution in [-0.4, -0.2) is 22.2 Å². The fourth-order valence-corrected chi connectivity index (χ4v) is 1.92. The minimum absolute atomic E-state index is 0.0501. The van der Waals surface area contributed by atoms with Crippen molar-refractivity contribution < 1.29 is 10.0 Å². The van der Waals surface area contributed by atoms with E-state index in [1.807, 2.05) is 26.8 Å². The van der Waals surface area contributed by atoms with Crippen LogP contribution in [0.2, 0.25) is 0 Å². The fourth-order valence-electron chi connectivity index (χ4n) is 1.92. The zero-order valence-electron chi connectivity index (χ0n) is 11.1. The number of nitro groups is 1. The number of aliphatic hydroxyl groups is 1. The van der Waals surface area contributed by atoms with Crippen LogP contribution in [0.1, 0.15) is 32.3 Å². The highest BCUT2D eigenvalue weighted by molar-refractivity contribution is 5.67. The second-order valence-electron chi connectivity index (χ2n) is 4.50. The number of nitro benzene ring substituents is 1. The number of benzene rings is 1. The standard InChI is InChI=1S/C13H20N2O3/c1-4-13(5-2,9-16)14-12-10(3)7-6-8-11(12)15(17)18/h6-8,14,16H,4-5,9H2,1-3H3. The molecule has 0 fully saturated rings. The molecule has 1 aromatic rings. The van der Waals surface area contributed by atoms with E-state index < -0.39 is 10.5 Å². The molecule has 1 aromatic carbocycles. The van der Waals surface area contributed by atoms with Gasteiger partial charge in [-0.1, -0.05) is 26.0 Å². The summed E-state index contributed by atoms with van der Waals surface area (Å²) in [5.74, 6) is 0. The molecule has 0 saturated carbocycles. The fraction of sp³-hybridized carbons (Fsp3) is 0.538. The van der Waals surface area contributed by atoms with Crippen LogP contribution in [0, 0.1) is 17.0 Å². The summed E-state index contributed by atoms with van der Waals surface area (Å²) < 4.78 is 0. The first kappa shape index (κ1) is 14.4. The number of aliphatic hydroxyl groups excluding tert-OH is 1. The van der Waals surface area contributed by atoms with E-state index in [1.54, 1.807) is 6.07 Å². The zero-order valence-corrected chi connectivity index (χ0v) is 11.1. The molecule has 100 valence electrons. The van der Waals surface area contributed by atoms with E-state index in [2.05, 4.69) is 5.32 Å². The van der Waals surface area contributed by atoms with Crippen molar-refractivity contribution in [3.05, 3.63) is 33.9 Å². The largest absolute Gasteiger partial charge is 0.394 e. The van der Waals surface area contributed by atoms with Crippen molar-refractivity contribution in [1.29, 1.82) is 0 Å². The van der Waals surface area contributed by atoms with Gasteiger partial charge in [-0.3, -0.25) is 10.1 Å². The summed E-state index contributed by atoms with van der Waals surface area (Å²) in [6, 6.07) is 4.96. The SMILES string of the molecule is CCC(CC)(CO)Nc1c(C)cccc1[N+](=O)[O-]. The van der Waals surface area contributed by atoms with Gasteiger partial charge in [-0.15, -0.1) is 0 Å². The first-order valence-electron chi connectivity index (χ1n) is 6.12. The van der Waals surface area contributed by atoms with E-state index in [-0.39, 0.29) is 12.3 Å². The molecule has 0 heterocycles. The quantitative estimate of drug-likeness (QED) is 0.603. The lowest BCUT2D eigenvalue weighted by atomic mass is 9.93. The topological polar surface area (TPSA) is 75.4 Å². The van der Waals surface area contributed by atoms with Crippen LogP contribution in [0.5, 0.6) is 0 Å². The molecule has 0 spiro atoms. The molecule has 0 saturated heterocycles. The number of rotatable bonds is 6. The van der Waals surface area contributed by atoms with Crippen molar-refractivity contribution in [1.82, 2.24) is 0 Å². The summed E-state index contributed by atoms with van der Waals surface area (Å²) in [5.41, 5.74) is 0.857. The molecule has 0 aliphatic carbocycles. The molecule has 0 aliphatic heterocycles. The maximum absolute atomic E-state index is 11.0. The normalized spacial score (nSPS) is 11.3. The molecule has 5 nitrogen and oxygen atoms in total. The number of para-hydroxylation sites is 1. The van der Waals surface area contributed by atoms with Crippen LogP contribution < -0.4 is 5.32 Å². The van der Waals surface area contributed by atoms with Crippen molar-refractivity contribution in [2.75, 3.05) is 11.9 Å². The Morgan fingerprint density at radius 3 is 2.44 bits per heavy atom. The minimum atomic E-state index is -0.503. The van der Waals surface area contributed by atoms with Crippen molar-refractivity contribution in [2.45, 2.75) is 39.2 Å². The molecule has 2 N–H and O–H groups in total. The van der Waals surface area contributed by atoms with Gasteiger partial charge < -0.3 is 10.4 Å². The summed E-state index contributed by atoms with van der Waals surface area (Å²) in [6.45, 7) is 5.68. The van der Waals surface area contributed by atoms with Crippen LogP contribution in [0.3, 0.4) is 0 Å². The van der Waals surface area contributed by atoms with Crippen LogP contribution in [0.4, 0.5) is 11.4 Å². The van der Waals surface area contributed by atoms with Crippen LogP contribution in [0.15, 0.2) is 18.2 Å². The van der Waals surface area contributed by atoms with Gasteiger partial charge in [0.15, 0.2) is 0 Å². The van der Waals surface area contributed by atoms with Crippen molar-refractivity contribution in [2.24, 2.45) is 0 Å². The third kappa shape index (κ3) is 2.79. The van der Waals surface area contributed by atoms with Crippen molar-refractivity contribution in [3.8, 4) is 0 Å². The summed E-state index contributed by atoms with van der Waals surface area (Å²) in [6.07, 6.45) is 1.40. The van der Waals surface area contributed by atoms with E-state index in [4.69, 9.17) is 0 Å². The molecule has 0 amide bonds. The van der Waals surface area contributed by atoms with Gasteiger partial charge in [0.05, 0.1) is 17.1 Å². The van der Waals surface area contributed by atoms with Crippen molar-refractivity contribution >= 4 is 11.4 Å². The number of nitrogens with zero attached hydrogens (tertiary/aromatic N) is 1. The van der Waals surface area contributed by atoms with Crippen molar-refractivity contribution in [3.63, 3.8) is 0 Å². The maximum atomic E-state index is 11.0. The molecule has 0 atom stereocenters. The number of anilines is 1. The van der Waals surface area contributed by atoms with Crippen LogP contribution >= 0.6 is 0 Å². The molecule has 0 aromatic heterocycles. The average molecular weight is 252 g/mol. The smallest absolute Gasteiger partial charge is 0.292 e. The first-order valence-corrected chi connectivity index (χ1v) is 6.12. The molecule has 0 aliphatic rings. The van der Waals surface area contributed by atoms with Gasteiger partial charge in [-0.2, -0.15) is 0 Å². The predicted molar refractivity (Wildman–Crippen MR) is 71.9 cm³/mol. The van der Waals surface area contributed by atoms with Gasteiger partial charge in [-0.05, 0) is 25.3 Å². The van der Waals surface area contributed by atoms with Gasteiger partial charge >= 0.3 is 0 Å². The second kappa shape index (κ2) is 5.82. The number of hydrogen-bond donors (Lipinski definition) is 2. The molecule has 18 heavy (non-hydrogen) atoms. The summed E-state index contributed by atoms with van der Waals surface area (Å²) in [5, 5.41) is 23.7. The molecule has 5 heteroatoms. The summed E-state index contributed by atoms with van der Waals surface area (Å²) in [4.78, 5) is 10.6. The molecule has 0 unspecified atom stereocenters. The third-order valence-electron chi connectivity index (χ3n) is 3.49. The van der Waals surface area contributed by atoms with Crippen LogP contribution in [0.25, 0.3) is 0 Å². The highest BCUT2D eigenvalue weighted by atomic mass is 16.6. The monoisotopic (exact) mass is 252 g/mol. The summed E-state index contributed by atoms with van der Waals surface area (Å²) >= 11 is 0. The Bertz CT molecular complexity index is 420. The third-order valence-corrected chi connectivity index (χ3v) is 3.49. The van der Waals surface area contributed by atoms with E-state index in [0.717, 1.165) is 5.56 Å². The van der Waals surface area contributed by atoms with E-state index in [1.165, 1.54) is 6.07 Å². The zero-order chi connectivity index (χ0) is 13.8. The highest BCUT2D eigenvalue weighted by Crippen LogP contribution is 2.32. The van der Waals surface area contributed by atoms with Gasteiger partial charge in [0, 0.05) is 6.07 Å². The van der Waals surface area contributed by atoms with Gasteiger partial charge in [0.1, 0.15) is 5.69 Å². The minimum Gasteiger partial charge on any atom is -0.394 e. The predicted octanol–water partition coefficient (Wildman–Crippen LogP) is 2.87. The molecular weight excluding hydrogens is 232 g/mol. The Labute approximate surface area is 107 Å². The lowest BCUT2D eigenvalue weighted by Crippen LogP contribution is -2.41. The maximum Gasteiger partial charge on any atom is 0.292 e. The Hall–Kier alpha value is -1.62. The van der Waals surface area contributed by atoms with Gasteiger partial charge in [0.25, 0.3) is 5.69 Å². The molecular formula is C13H20N2O3. The highest BCUT2D eigenvalue weighted by Gasteiger charge is 2.28. The lowest BCUT2D eigenvalue weighted by molar-refractivity contribution is -0.384. The number of hydrogen-bond acceptors (Lipinski definition) is 4. The van der Waals surface area contributed by atoms with E-state index >= 15 is 0 Å². The average Bonchev–Trinajstić information content (AvgIpc) is 2.37. The Kier molecular flexibility index (Phi) is 4.67. The van der Waals surface area contributed by atoms with E-state index in [0.29, 0.717) is 18.5 Å². The summed E-state index contributed by atoms with van der Waals surface area (Å²) in [7, 11) is 0.